The fraction of sp³-hybridized carbons (Fsp3) is 0.833. The molecule has 14 heavy (non-hydrogen) atoms. The van der Waals surface area contributed by atoms with Gasteiger partial charge in [-0.1, -0.05) is 27.7 Å². The molecule has 0 rings (SSSR count). The van der Waals surface area contributed by atoms with E-state index in [0.29, 0.717) is 5.92 Å². The van der Waals surface area contributed by atoms with Crippen molar-refractivity contribution in [3.63, 3.8) is 0 Å². The van der Waals surface area contributed by atoms with E-state index < -0.39 is 0 Å². The molecule has 0 aliphatic rings. The van der Waals surface area contributed by atoms with Crippen LogP contribution in [-0.2, 0) is 0 Å². The molecule has 0 aliphatic heterocycles. The molecule has 2 nitrogen and oxygen atoms in total. The number of hydrogen-bond donors (Lipinski definition) is 0. The maximum Gasteiger partial charge on any atom is 0.0528 e. The molecule has 0 aromatic rings. The summed E-state index contributed by atoms with van der Waals surface area (Å²) in [5.41, 5.74) is 1.16. The summed E-state index contributed by atoms with van der Waals surface area (Å²) in [7, 11) is 0. The largest absolute Gasteiger partial charge is 0.291 e. The molecule has 0 aliphatic carbocycles. The second-order valence-electron chi connectivity index (χ2n) is 4.01. The maximum atomic E-state index is 4.52. The lowest BCUT2D eigenvalue weighted by molar-refractivity contribution is 0.684. The summed E-state index contributed by atoms with van der Waals surface area (Å²) in [6, 6.07) is 0. The van der Waals surface area contributed by atoms with Crippen molar-refractivity contribution in [2.24, 2.45) is 15.9 Å². The van der Waals surface area contributed by atoms with Gasteiger partial charge < -0.3 is 0 Å². The second-order valence-corrected chi connectivity index (χ2v) is 4.01. The van der Waals surface area contributed by atoms with Crippen LogP contribution < -0.4 is 0 Å². The zero-order chi connectivity index (χ0) is 10.8. The summed E-state index contributed by atoms with van der Waals surface area (Å²) >= 11 is 0. The predicted octanol–water partition coefficient (Wildman–Crippen LogP) is 3.36. The fourth-order valence-electron chi connectivity index (χ4n) is 1.13. The molecular weight excluding hydrogens is 172 g/mol. The smallest absolute Gasteiger partial charge is 0.0528 e. The first-order valence-corrected chi connectivity index (χ1v) is 5.73. The quantitative estimate of drug-likeness (QED) is 0.558. The van der Waals surface area contributed by atoms with Gasteiger partial charge in [0, 0.05) is 19.3 Å². The summed E-state index contributed by atoms with van der Waals surface area (Å²) in [6.45, 7) is 10.6. The van der Waals surface area contributed by atoms with Crippen molar-refractivity contribution in [3.8, 4) is 0 Å². The van der Waals surface area contributed by atoms with Gasteiger partial charge in [-0.25, -0.2) is 0 Å². The molecule has 0 N–H and O–H groups in total. The van der Waals surface area contributed by atoms with Gasteiger partial charge in [0.05, 0.1) is 5.71 Å². The lowest BCUT2D eigenvalue weighted by atomic mass is 10.1. The summed E-state index contributed by atoms with van der Waals surface area (Å²) in [5.74, 6) is 0.665. The zero-order valence-corrected chi connectivity index (χ0v) is 10.1. The highest BCUT2D eigenvalue weighted by molar-refractivity contribution is 6.30. The van der Waals surface area contributed by atoms with Crippen LogP contribution in [0.4, 0.5) is 0 Å². The lowest BCUT2D eigenvalue weighted by Gasteiger charge is -2.04. The SMILES string of the molecule is CCCN=CC(CC(C)C)=NCCC. The monoisotopic (exact) mass is 196 g/mol. The van der Waals surface area contributed by atoms with Gasteiger partial charge in [-0.2, -0.15) is 0 Å². The third-order valence-corrected chi connectivity index (χ3v) is 1.75. The highest BCUT2D eigenvalue weighted by Gasteiger charge is 1.99. The van der Waals surface area contributed by atoms with Gasteiger partial charge in [0.2, 0.25) is 0 Å². The van der Waals surface area contributed by atoms with E-state index in [0.717, 1.165) is 38.1 Å². The Kier molecular flexibility index (Phi) is 8.50. The molecule has 2 heteroatoms. The predicted molar refractivity (Wildman–Crippen MR) is 65.7 cm³/mol. The van der Waals surface area contributed by atoms with Gasteiger partial charge in [-0.05, 0) is 25.2 Å². The highest BCUT2D eigenvalue weighted by Crippen LogP contribution is 2.01. The van der Waals surface area contributed by atoms with Crippen LogP contribution in [0, 0.1) is 5.92 Å². The van der Waals surface area contributed by atoms with Gasteiger partial charge in [-0.15, -0.1) is 0 Å². The molecule has 0 amide bonds. The minimum Gasteiger partial charge on any atom is -0.291 e. The molecule has 0 saturated carbocycles. The molecule has 0 radical (unpaired) electrons. The van der Waals surface area contributed by atoms with Crippen LogP contribution in [0.15, 0.2) is 9.98 Å². The number of nitrogens with zero attached hydrogens (tertiary/aromatic N) is 2. The van der Waals surface area contributed by atoms with Gasteiger partial charge in [0.15, 0.2) is 0 Å². The van der Waals surface area contributed by atoms with Crippen molar-refractivity contribution in [1.29, 1.82) is 0 Å². The van der Waals surface area contributed by atoms with E-state index in [9.17, 15) is 0 Å². The Labute approximate surface area is 88.5 Å². The summed E-state index contributed by atoms with van der Waals surface area (Å²) in [5, 5.41) is 0. The zero-order valence-electron chi connectivity index (χ0n) is 10.1. The molecule has 0 saturated heterocycles. The molecule has 0 bridgehead atoms. The van der Waals surface area contributed by atoms with E-state index in [4.69, 9.17) is 0 Å². The van der Waals surface area contributed by atoms with Crippen molar-refractivity contribution in [3.05, 3.63) is 0 Å². The maximum absolute atomic E-state index is 4.52. The fourth-order valence-corrected chi connectivity index (χ4v) is 1.13. The van der Waals surface area contributed by atoms with E-state index in [1.165, 1.54) is 0 Å². The van der Waals surface area contributed by atoms with Crippen LogP contribution in [0.5, 0.6) is 0 Å². The number of hydrogen-bond acceptors (Lipinski definition) is 2. The molecule has 82 valence electrons. The molecule has 0 aromatic carbocycles. The Bertz CT molecular complexity index is 181. The summed E-state index contributed by atoms with van der Waals surface area (Å²) < 4.78 is 0. The number of aliphatic imine (C=N–C) groups is 2. The normalized spacial score (nSPS) is 13.1. The average molecular weight is 196 g/mol. The van der Waals surface area contributed by atoms with Crippen LogP contribution >= 0.6 is 0 Å². The van der Waals surface area contributed by atoms with E-state index in [1.807, 2.05) is 6.21 Å². The third kappa shape index (κ3) is 7.96. The topological polar surface area (TPSA) is 24.7 Å². The molecule has 0 spiro atoms. The Morgan fingerprint density at radius 1 is 1.14 bits per heavy atom. The van der Waals surface area contributed by atoms with Crippen molar-refractivity contribution >= 4 is 11.9 Å². The average Bonchev–Trinajstić information content (AvgIpc) is 2.13. The lowest BCUT2D eigenvalue weighted by Crippen LogP contribution is -2.06. The van der Waals surface area contributed by atoms with Crippen LogP contribution in [-0.4, -0.2) is 25.0 Å². The molecule has 0 atom stereocenters. The molecular formula is C12H24N2. The van der Waals surface area contributed by atoms with Crippen LogP contribution in [0.25, 0.3) is 0 Å². The van der Waals surface area contributed by atoms with E-state index in [-0.39, 0.29) is 0 Å². The second kappa shape index (κ2) is 8.92. The standard InChI is InChI=1S/C12H24N2/c1-5-7-13-10-12(9-11(3)4)14-8-6-2/h10-11H,5-9H2,1-4H3. The summed E-state index contributed by atoms with van der Waals surface area (Å²) in [6.07, 6.45) is 5.23. The van der Waals surface area contributed by atoms with Crippen molar-refractivity contribution in [2.45, 2.75) is 47.0 Å². The Morgan fingerprint density at radius 2 is 1.79 bits per heavy atom. The first-order chi connectivity index (χ1) is 6.70. The van der Waals surface area contributed by atoms with Gasteiger partial charge >= 0.3 is 0 Å². The van der Waals surface area contributed by atoms with Crippen molar-refractivity contribution in [1.82, 2.24) is 0 Å². The molecule has 0 aromatic heterocycles. The Morgan fingerprint density at radius 3 is 2.29 bits per heavy atom. The van der Waals surface area contributed by atoms with Crippen LogP contribution in [0.3, 0.4) is 0 Å². The van der Waals surface area contributed by atoms with E-state index in [2.05, 4.69) is 37.7 Å². The van der Waals surface area contributed by atoms with Gasteiger partial charge in [0.1, 0.15) is 0 Å². The van der Waals surface area contributed by atoms with Gasteiger partial charge in [0.25, 0.3) is 0 Å². The van der Waals surface area contributed by atoms with Crippen molar-refractivity contribution < 1.29 is 0 Å². The molecule has 0 fully saturated rings. The highest BCUT2D eigenvalue weighted by atomic mass is 14.8. The third-order valence-electron chi connectivity index (χ3n) is 1.75. The first kappa shape index (κ1) is 13.3. The molecule has 0 heterocycles. The Balaban J connectivity index is 4.09. The van der Waals surface area contributed by atoms with Gasteiger partial charge in [-0.3, -0.25) is 9.98 Å². The van der Waals surface area contributed by atoms with Crippen molar-refractivity contribution in [2.75, 3.05) is 13.1 Å². The minimum atomic E-state index is 0.665. The minimum absolute atomic E-state index is 0.665. The first-order valence-electron chi connectivity index (χ1n) is 5.73. The summed E-state index contributed by atoms with van der Waals surface area (Å²) in [4.78, 5) is 8.86. The van der Waals surface area contributed by atoms with Crippen LogP contribution in [0.1, 0.15) is 47.0 Å². The van der Waals surface area contributed by atoms with E-state index >= 15 is 0 Å². The molecule has 0 unspecified atom stereocenters. The van der Waals surface area contributed by atoms with Crippen LogP contribution in [0.2, 0.25) is 0 Å². The number of rotatable bonds is 7. The van der Waals surface area contributed by atoms with E-state index in [1.54, 1.807) is 0 Å². The Hall–Kier alpha value is -0.660.